The van der Waals surface area contributed by atoms with Crippen molar-refractivity contribution in [3.63, 3.8) is 0 Å². The lowest BCUT2D eigenvalue weighted by Crippen LogP contribution is -2.25. The van der Waals surface area contributed by atoms with Crippen molar-refractivity contribution in [1.29, 1.82) is 5.41 Å². The van der Waals surface area contributed by atoms with E-state index in [4.69, 9.17) is 20.6 Å². The number of nitrogens with one attached hydrogen (secondary N) is 3. The number of rotatable bonds is 8. The molecule has 1 aliphatic rings. The minimum atomic E-state index is -0.214. The molecule has 0 bridgehead atoms. The third-order valence-corrected chi connectivity index (χ3v) is 5.59. The number of carbonyl (C=O) groups excluding carboxylic acids is 1. The highest BCUT2D eigenvalue weighted by Gasteiger charge is 2.18. The Morgan fingerprint density at radius 3 is 2.30 bits per heavy atom. The Bertz CT molecular complexity index is 911. The first-order chi connectivity index (χ1) is 14.4. The zero-order valence-electron chi connectivity index (χ0n) is 17.8. The summed E-state index contributed by atoms with van der Waals surface area (Å²) < 4.78 is 10.7. The van der Waals surface area contributed by atoms with Crippen LogP contribution in [0.3, 0.4) is 0 Å². The lowest BCUT2D eigenvalue weighted by molar-refractivity contribution is 0.0950. The Balaban J connectivity index is 1.79. The van der Waals surface area contributed by atoms with Gasteiger partial charge >= 0.3 is 0 Å². The van der Waals surface area contributed by atoms with Crippen LogP contribution in [0.4, 0.5) is 5.69 Å². The van der Waals surface area contributed by atoms with Gasteiger partial charge in [-0.3, -0.25) is 10.2 Å². The van der Waals surface area contributed by atoms with E-state index < -0.39 is 0 Å². The molecule has 0 aliphatic heterocycles. The van der Waals surface area contributed by atoms with Crippen LogP contribution in [0.2, 0.25) is 0 Å². The summed E-state index contributed by atoms with van der Waals surface area (Å²) in [5, 5.41) is 14.3. The Kier molecular flexibility index (Phi) is 6.82. The van der Waals surface area contributed by atoms with Crippen molar-refractivity contribution >= 4 is 17.4 Å². The number of benzene rings is 2. The van der Waals surface area contributed by atoms with Gasteiger partial charge in [-0.2, -0.15) is 0 Å². The Hall–Kier alpha value is -3.22. The van der Waals surface area contributed by atoms with Gasteiger partial charge in [-0.05, 0) is 43.5 Å². The predicted octanol–water partition coefficient (Wildman–Crippen LogP) is 3.58. The lowest BCUT2D eigenvalue weighted by atomic mass is 10.1. The fourth-order valence-electron chi connectivity index (χ4n) is 3.82. The van der Waals surface area contributed by atoms with E-state index in [1.54, 1.807) is 26.4 Å². The lowest BCUT2D eigenvalue weighted by Gasteiger charge is -2.19. The molecule has 0 heterocycles. The Morgan fingerprint density at radius 1 is 1.10 bits per heavy atom. The van der Waals surface area contributed by atoms with Crippen molar-refractivity contribution in [1.82, 2.24) is 5.32 Å². The van der Waals surface area contributed by atoms with Crippen LogP contribution in [0.15, 0.2) is 30.3 Å². The average Bonchev–Trinajstić information content (AvgIpc) is 3.25. The van der Waals surface area contributed by atoms with Crippen LogP contribution < -0.4 is 25.8 Å². The minimum absolute atomic E-state index is 0.0268. The van der Waals surface area contributed by atoms with E-state index in [0.717, 1.165) is 29.7 Å². The monoisotopic (exact) mass is 410 g/mol. The van der Waals surface area contributed by atoms with Crippen molar-refractivity contribution in [3.05, 3.63) is 52.6 Å². The molecule has 0 spiro atoms. The molecule has 0 unspecified atom stereocenters. The van der Waals surface area contributed by atoms with Gasteiger partial charge in [0, 0.05) is 35.0 Å². The summed E-state index contributed by atoms with van der Waals surface area (Å²) >= 11 is 0. The van der Waals surface area contributed by atoms with Gasteiger partial charge in [0.05, 0.1) is 14.2 Å². The molecule has 160 valence electrons. The second-order valence-corrected chi connectivity index (χ2v) is 7.60. The topological polar surface area (TPSA) is 109 Å². The standard InChI is InChI=1S/C23H30N4O3/c1-14-20(29-2)11-17(12-21(14)30-3)23(28)26-13-16-9-8-15(22(24)25)10-19(16)27-18-6-4-5-7-18/h8-12,18,27H,4-7,13H2,1-3H3,(H3,24,25)(H,26,28). The third-order valence-electron chi connectivity index (χ3n) is 5.59. The molecule has 1 amide bonds. The van der Waals surface area contributed by atoms with Gasteiger partial charge in [0.25, 0.3) is 5.91 Å². The molecule has 0 aromatic heterocycles. The van der Waals surface area contributed by atoms with Gasteiger partial charge in [-0.25, -0.2) is 0 Å². The van der Waals surface area contributed by atoms with E-state index in [9.17, 15) is 4.79 Å². The first kappa shape index (κ1) is 21.5. The smallest absolute Gasteiger partial charge is 0.251 e. The molecule has 2 aromatic carbocycles. The van der Waals surface area contributed by atoms with Gasteiger partial charge in [-0.1, -0.05) is 25.0 Å². The first-order valence-electron chi connectivity index (χ1n) is 10.2. The number of nitrogens with two attached hydrogens (primary N) is 1. The zero-order chi connectivity index (χ0) is 21.7. The molecule has 0 saturated heterocycles. The Labute approximate surface area is 177 Å². The largest absolute Gasteiger partial charge is 0.496 e. The quantitative estimate of drug-likeness (QED) is 0.393. The van der Waals surface area contributed by atoms with Crippen LogP contribution in [0.25, 0.3) is 0 Å². The molecule has 1 aliphatic carbocycles. The number of hydrogen-bond acceptors (Lipinski definition) is 5. The molecule has 5 N–H and O–H groups in total. The number of carbonyl (C=O) groups is 1. The summed E-state index contributed by atoms with van der Waals surface area (Å²) in [5.74, 6) is 1.02. The van der Waals surface area contributed by atoms with E-state index in [1.807, 2.05) is 25.1 Å². The van der Waals surface area contributed by atoms with E-state index >= 15 is 0 Å². The van der Waals surface area contributed by atoms with Crippen LogP contribution in [-0.2, 0) is 6.54 Å². The van der Waals surface area contributed by atoms with Crippen molar-refractivity contribution in [2.45, 2.75) is 45.2 Å². The molecule has 2 aromatic rings. The number of amidine groups is 1. The van der Waals surface area contributed by atoms with Crippen molar-refractivity contribution < 1.29 is 14.3 Å². The summed E-state index contributed by atoms with van der Waals surface area (Å²) in [6.45, 7) is 2.24. The number of hydrogen-bond donors (Lipinski definition) is 4. The molecule has 1 fully saturated rings. The molecule has 1 saturated carbocycles. The summed E-state index contributed by atoms with van der Waals surface area (Å²) in [5.41, 5.74) is 9.51. The normalized spacial score (nSPS) is 13.7. The SMILES string of the molecule is COc1cc(C(=O)NCc2ccc(C(=N)N)cc2NC2CCCC2)cc(OC)c1C. The Morgan fingerprint density at radius 2 is 1.73 bits per heavy atom. The van der Waals surface area contributed by atoms with Crippen LogP contribution in [-0.4, -0.2) is 32.0 Å². The van der Waals surface area contributed by atoms with Gasteiger partial charge < -0.3 is 25.8 Å². The summed E-state index contributed by atoms with van der Waals surface area (Å²) in [7, 11) is 3.14. The number of ether oxygens (including phenoxy) is 2. The number of methoxy groups -OCH3 is 2. The number of amides is 1. The van der Waals surface area contributed by atoms with E-state index in [2.05, 4.69) is 10.6 Å². The summed E-state index contributed by atoms with van der Waals surface area (Å²) in [6, 6.07) is 9.44. The molecule has 0 atom stereocenters. The maximum Gasteiger partial charge on any atom is 0.251 e. The zero-order valence-corrected chi connectivity index (χ0v) is 17.8. The molecule has 30 heavy (non-hydrogen) atoms. The fraction of sp³-hybridized carbons (Fsp3) is 0.391. The molecule has 7 heteroatoms. The van der Waals surface area contributed by atoms with Gasteiger partial charge in [0.15, 0.2) is 0 Å². The molecule has 0 radical (unpaired) electrons. The maximum absolute atomic E-state index is 12.8. The summed E-state index contributed by atoms with van der Waals surface area (Å²) in [4.78, 5) is 12.8. The van der Waals surface area contributed by atoms with Crippen molar-refractivity contribution in [2.75, 3.05) is 19.5 Å². The summed E-state index contributed by atoms with van der Waals surface area (Å²) in [6.07, 6.45) is 4.68. The average molecular weight is 411 g/mol. The highest BCUT2D eigenvalue weighted by molar-refractivity contribution is 5.96. The van der Waals surface area contributed by atoms with Gasteiger partial charge in [0.1, 0.15) is 17.3 Å². The van der Waals surface area contributed by atoms with Gasteiger partial charge in [-0.15, -0.1) is 0 Å². The van der Waals surface area contributed by atoms with E-state index in [0.29, 0.717) is 35.2 Å². The highest BCUT2D eigenvalue weighted by atomic mass is 16.5. The van der Waals surface area contributed by atoms with Crippen LogP contribution >= 0.6 is 0 Å². The van der Waals surface area contributed by atoms with E-state index in [1.165, 1.54) is 12.8 Å². The molecule has 3 rings (SSSR count). The van der Waals surface area contributed by atoms with Gasteiger partial charge in [0.2, 0.25) is 0 Å². The second kappa shape index (κ2) is 9.52. The molecule has 7 nitrogen and oxygen atoms in total. The van der Waals surface area contributed by atoms with E-state index in [-0.39, 0.29) is 11.7 Å². The van der Waals surface area contributed by atoms with Crippen LogP contribution in [0.1, 0.15) is 52.7 Å². The van der Waals surface area contributed by atoms with Crippen molar-refractivity contribution in [3.8, 4) is 11.5 Å². The first-order valence-corrected chi connectivity index (χ1v) is 10.2. The molecular weight excluding hydrogens is 380 g/mol. The highest BCUT2D eigenvalue weighted by Crippen LogP contribution is 2.30. The third kappa shape index (κ3) is 4.84. The number of anilines is 1. The predicted molar refractivity (Wildman–Crippen MR) is 119 cm³/mol. The fourth-order valence-corrected chi connectivity index (χ4v) is 3.82. The van der Waals surface area contributed by atoms with Crippen LogP contribution in [0.5, 0.6) is 11.5 Å². The second-order valence-electron chi connectivity index (χ2n) is 7.60. The molecular formula is C23H30N4O3. The minimum Gasteiger partial charge on any atom is -0.496 e. The van der Waals surface area contributed by atoms with Crippen molar-refractivity contribution in [2.24, 2.45) is 5.73 Å². The number of nitrogen functional groups attached to an aromatic ring is 1. The van der Waals surface area contributed by atoms with Crippen LogP contribution in [0, 0.1) is 12.3 Å². The maximum atomic E-state index is 12.8.